The van der Waals surface area contributed by atoms with E-state index in [9.17, 15) is 27.6 Å². The Morgan fingerprint density at radius 1 is 1.24 bits per heavy atom. The van der Waals surface area contributed by atoms with Gasteiger partial charge in [-0.25, -0.2) is 4.79 Å². The van der Waals surface area contributed by atoms with Crippen molar-refractivity contribution >= 4 is 29.2 Å². The van der Waals surface area contributed by atoms with Gasteiger partial charge in [0.2, 0.25) is 5.91 Å². The Morgan fingerprint density at radius 2 is 1.97 bits per heavy atom. The topological polar surface area (TPSA) is 91.0 Å². The highest BCUT2D eigenvalue weighted by molar-refractivity contribution is 6.10. The molecule has 1 spiro atoms. The minimum atomic E-state index is -4.59. The number of alkyl halides is 3. The zero-order valence-corrected chi connectivity index (χ0v) is 18.3. The van der Waals surface area contributed by atoms with E-state index in [4.69, 9.17) is 4.74 Å². The van der Waals surface area contributed by atoms with Crippen molar-refractivity contribution in [3.05, 3.63) is 23.8 Å². The molecule has 3 aliphatic rings. The Labute approximate surface area is 189 Å². The van der Waals surface area contributed by atoms with Gasteiger partial charge in [-0.05, 0) is 37.0 Å². The number of nitrogens with one attached hydrogen (secondary N) is 2. The van der Waals surface area contributed by atoms with Crippen LogP contribution in [0.3, 0.4) is 0 Å². The molecule has 4 rings (SSSR count). The van der Waals surface area contributed by atoms with Crippen LogP contribution < -0.4 is 15.5 Å². The molecule has 0 bridgehead atoms. The third kappa shape index (κ3) is 4.50. The van der Waals surface area contributed by atoms with Crippen molar-refractivity contribution in [1.29, 1.82) is 0 Å². The molecule has 2 saturated heterocycles. The lowest BCUT2D eigenvalue weighted by Gasteiger charge is -2.36. The zero-order chi connectivity index (χ0) is 23.8. The van der Waals surface area contributed by atoms with Gasteiger partial charge in [0, 0.05) is 13.1 Å². The summed E-state index contributed by atoms with van der Waals surface area (Å²) in [5.74, 6) is -1.26. The van der Waals surface area contributed by atoms with E-state index in [2.05, 4.69) is 10.6 Å². The fraction of sp³-hybridized carbons (Fsp3) is 0.591. The van der Waals surface area contributed by atoms with Gasteiger partial charge >= 0.3 is 12.2 Å². The molecule has 11 heteroatoms. The number of carbonyl (C=O) groups is 3. The molecule has 2 heterocycles. The fourth-order valence-corrected chi connectivity index (χ4v) is 4.86. The molecule has 0 unspecified atom stereocenters. The number of ether oxygens (including phenoxy) is 1. The largest absolute Gasteiger partial charge is 0.416 e. The Hall–Kier alpha value is -2.82. The number of morpholine rings is 1. The lowest BCUT2D eigenvalue weighted by Crippen LogP contribution is -2.54. The van der Waals surface area contributed by atoms with E-state index in [0.29, 0.717) is 38.4 Å². The van der Waals surface area contributed by atoms with Crippen molar-refractivity contribution in [1.82, 2.24) is 10.2 Å². The number of amides is 4. The average molecular weight is 468 g/mol. The van der Waals surface area contributed by atoms with Crippen LogP contribution in [0.15, 0.2) is 18.2 Å². The standard InChI is InChI=1S/C22H27F3N4O4/c1-14-4-2-3-7-21(14)19(31)29(20(32)27-21)13-18(30)26-16-12-15(22(23,24)25)5-6-17(16)28-8-10-33-11-9-28/h5-6,12,14H,2-4,7-11,13H2,1H3,(H,26,30)(H,27,32)/t14-,21+/m1/s1. The highest BCUT2D eigenvalue weighted by Gasteiger charge is 2.55. The zero-order valence-electron chi connectivity index (χ0n) is 18.3. The first-order valence-corrected chi connectivity index (χ1v) is 11.1. The van der Waals surface area contributed by atoms with Crippen LogP contribution in [0, 0.1) is 5.92 Å². The van der Waals surface area contributed by atoms with Crippen molar-refractivity contribution in [2.45, 2.75) is 44.3 Å². The van der Waals surface area contributed by atoms with E-state index in [-0.39, 0.29) is 11.6 Å². The smallest absolute Gasteiger partial charge is 0.378 e. The van der Waals surface area contributed by atoms with Crippen molar-refractivity contribution in [3.63, 3.8) is 0 Å². The second-order valence-electron chi connectivity index (χ2n) is 8.82. The molecule has 2 N–H and O–H groups in total. The van der Waals surface area contributed by atoms with Crippen LogP contribution in [-0.4, -0.2) is 61.1 Å². The molecule has 1 saturated carbocycles. The van der Waals surface area contributed by atoms with E-state index in [0.717, 1.165) is 36.3 Å². The third-order valence-corrected chi connectivity index (χ3v) is 6.75. The van der Waals surface area contributed by atoms with E-state index < -0.39 is 41.7 Å². The van der Waals surface area contributed by atoms with Crippen LogP contribution in [0.25, 0.3) is 0 Å². The van der Waals surface area contributed by atoms with Gasteiger partial charge in [-0.15, -0.1) is 0 Å². The lowest BCUT2D eigenvalue weighted by atomic mass is 9.73. The molecule has 0 aromatic heterocycles. The van der Waals surface area contributed by atoms with Gasteiger partial charge in [0.15, 0.2) is 0 Å². The van der Waals surface area contributed by atoms with Crippen molar-refractivity contribution < 1.29 is 32.3 Å². The highest BCUT2D eigenvalue weighted by Crippen LogP contribution is 2.39. The van der Waals surface area contributed by atoms with Crippen LogP contribution >= 0.6 is 0 Å². The highest BCUT2D eigenvalue weighted by atomic mass is 19.4. The number of rotatable bonds is 4. The predicted molar refractivity (Wildman–Crippen MR) is 114 cm³/mol. The van der Waals surface area contributed by atoms with E-state index in [1.54, 1.807) is 0 Å². The van der Waals surface area contributed by atoms with Gasteiger partial charge in [0.05, 0.1) is 30.2 Å². The van der Waals surface area contributed by atoms with Gasteiger partial charge in [-0.3, -0.25) is 14.5 Å². The summed E-state index contributed by atoms with van der Waals surface area (Å²) in [4.78, 5) is 41.1. The summed E-state index contributed by atoms with van der Waals surface area (Å²) < 4.78 is 45.2. The molecule has 3 fully saturated rings. The summed E-state index contributed by atoms with van der Waals surface area (Å²) in [5, 5.41) is 5.26. The molecular weight excluding hydrogens is 441 g/mol. The number of benzene rings is 1. The average Bonchev–Trinajstić information content (AvgIpc) is 3.00. The van der Waals surface area contributed by atoms with Crippen LogP contribution in [0.4, 0.5) is 29.3 Å². The molecule has 1 aliphatic carbocycles. The second-order valence-corrected chi connectivity index (χ2v) is 8.82. The maximum Gasteiger partial charge on any atom is 0.416 e. The molecule has 0 radical (unpaired) electrons. The fourth-order valence-electron chi connectivity index (χ4n) is 4.86. The summed E-state index contributed by atoms with van der Waals surface area (Å²) in [6.45, 7) is 3.08. The van der Waals surface area contributed by atoms with Gasteiger partial charge in [-0.1, -0.05) is 19.8 Å². The Balaban J connectivity index is 1.54. The Bertz CT molecular complexity index is 948. The summed E-state index contributed by atoms with van der Waals surface area (Å²) >= 11 is 0. The van der Waals surface area contributed by atoms with Gasteiger partial charge in [-0.2, -0.15) is 13.2 Å². The monoisotopic (exact) mass is 468 g/mol. The number of nitrogens with zero attached hydrogens (tertiary/aromatic N) is 2. The maximum absolute atomic E-state index is 13.3. The van der Waals surface area contributed by atoms with Crippen LogP contribution in [0.5, 0.6) is 0 Å². The molecule has 1 aromatic rings. The minimum Gasteiger partial charge on any atom is -0.378 e. The molecule has 4 amide bonds. The molecule has 8 nitrogen and oxygen atoms in total. The van der Waals surface area contributed by atoms with Crippen molar-refractivity contribution in [3.8, 4) is 0 Å². The normalized spacial score (nSPS) is 26.0. The van der Waals surface area contributed by atoms with Crippen LogP contribution in [-0.2, 0) is 20.5 Å². The first-order valence-electron chi connectivity index (χ1n) is 11.1. The maximum atomic E-state index is 13.3. The number of urea groups is 1. The molecular formula is C22H27F3N4O4. The van der Waals surface area contributed by atoms with Gasteiger partial charge in [0.1, 0.15) is 12.1 Å². The molecule has 33 heavy (non-hydrogen) atoms. The Morgan fingerprint density at radius 3 is 2.64 bits per heavy atom. The third-order valence-electron chi connectivity index (χ3n) is 6.75. The quantitative estimate of drug-likeness (QED) is 0.663. The molecule has 1 aromatic carbocycles. The lowest BCUT2D eigenvalue weighted by molar-refractivity contribution is -0.137. The summed E-state index contributed by atoms with van der Waals surface area (Å²) in [6.07, 6.45) is -1.53. The number of anilines is 2. The van der Waals surface area contributed by atoms with Gasteiger partial charge in [0.25, 0.3) is 5.91 Å². The number of carbonyl (C=O) groups excluding carboxylic acids is 3. The molecule has 180 valence electrons. The summed E-state index contributed by atoms with van der Waals surface area (Å²) in [5.41, 5.74) is -1.51. The van der Waals surface area contributed by atoms with Gasteiger partial charge < -0.3 is 20.3 Å². The van der Waals surface area contributed by atoms with Crippen molar-refractivity contribution in [2.75, 3.05) is 43.1 Å². The number of hydrogen-bond donors (Lipinski definition) is 2. The van der Waals surface area contributed by atoms with E-state index >= 15 is 0 Å². The second kappa shape index (κ2) is 8.85. The van der Waals surface area contributed by atoms with Crippen LogP contribution in [0.1, 0.15) is 38.2 Å². The first kappa shape index (κ1) is 23.3. The predicted octanol–water partition coefficient (Wildman–Crippen LogP) is 2.98. The molecule has 2 aliphatic heterocycles. The van der Waals surface area contributed by atoms with Crippen molar-refractivity contribution in [2.24, 2.45) is 5.92 Å². The first-order chi connectivity index (χ1) is 15.6. The number of imide groups is 1. The van der Waals surface area contributed by atoms with E-state index in [1.165, 1.54) is 6.07 Å². The Kier molecular flexibility index (Phi) is 6.26. The van der Waals surface area contributed by atoms with E-state index in [1.807, 2.05) is 11.8 Å². The summed E-state index contributed by atoms with van der Waals surface area (Å²) in [7, 11) is 0. The van der Waals surface area contributed by atoms with Crippen LogP contribution in [0.2, 0.25) is 0 Å². The number of hydrogen-bond acceptors (Lipinski definition) is 5. The summed E-state index contributed by atoms with van der Waals surface area (Å²) in [6, 6.07) is 2.50. The number of halogens is 3. The molecule has 2 atom stereocenters. The SMILES string of the molecule is C[C@@H]1CCCC[C@]12NC(=O)N(CC(=O)Nc1cc(C(F)(F)F)ccc1N1CCOCC1)C2=O. The minimum absolute atomic E-state index is 0.0236.